The predicted molar refractivity (Wildman–Crippen MR) is 126 cm³/mol. The van der Waals surface area contributed by atoms with Crippen LogP contribution in [0.3, 0.4) is 0 Å². The Morgan fingerprint density at radius 1 is 0.844 bits per heavy atom. The van der Waals surface area contributed by atoms with Gasteiger partial charge in [0.1, 0.15) is 0 Å². The Hall–Kier alpha value is -3.62. The van der Waals surface area contributed by atoms with Gasteiger partial charge in [0.2, 0.25) is 0 Å². The monoisotopic (exact) mass is 438 g/mol. The largest absolute Gasteiger partial charge is 0.306 e. The van der Waals surface area contributed by atoms with Crippen molar-refractivity contribution < 1.29 is 0 Å². The van der Waals surface area contributed by atoms with Gasteiger partial charge in [0.15, 0.2) is 0 Å². The van der Waals surface area contributed by atoms with E-state index in [1.54, 1.807) is 18.2 Å². The van der Waals surface area contributed by atoms with Gasteiger partial charge >= 0.3 is 0 Å². The van der Waals surface area contributed by atoms with Crippen molar-refractivity contribution in [2.45, 2.75) is 37.8 Å². The van der Waals surface area contributed by atoms with Crippen molar-refractivity contribution in [3.05, 3.63) is 106 Å². The molecule has 0 radical (unpaired) electrons. The molecule has 0 aromatic heterocycles. The van der Waals surface area contributed by atoms with Crippen molar-refractivity contribution in [1.82, 2.24) is 5.32 Å². The fourth-order valence-corrected chi connectivity index (χ4v) is 4.01. The first kappa shape index (κ1) is 23.1. The second kappa shape index (κ2) is 11.1. The summed E-state index contributed by atoms with van der Waals surface area (Å²) in [6, 6.07) is 29.3. The summed E-state index contributed by atoms with van der Waals surface area (Å²) >= 11 is 6.06. The molecule has 3 rings (SSSR count). The molecule has 0 aliphatic carbocycles. The highest BCUT2D eigenvalue weighted by Gasteiger charge is 2.24. The molecule has 3 aromatic carbocycles. The molecule has 0 aliphatic rings. The van der Waals surface area contributed by atoms with Crippen LogP contribution in [0.2, 0.25) is 5.02 Å². The first-order valence-electron chi connectivity index (χ1n) is 10.4. The van der Waals surface area contributed by atoms with Crippen molar-refractivity contribution in [3.63, 3.8) is 0 Å². The van der Waals surface area contributed by atoms with Crippen molar-refractivity contribution in [2.75, 3.05) is 0 Å². The second-order valence-electron chi connectivity index (χ2n) is 7.78. The summed E-state index contributed by atoms with van der Waals surface area (Å²) in [5.41, 5.74) is 4.39. The lowest BCUT2D eigenvalue weighted by molar-refractivity contribution is 0.401. The first-order valence-corrected chi connectivity index (χ1v) is 10.8. The molecule has 1 N–H and O–H groups in total. The first-order chi connectivity index (χ1) is 15.5. The van der Waals surface area contributed by atoms with E-state index in [2.05, 4.69) is 30.4 Å². The Morgan fingerprint density at radius 3 is 2.16 bits per heavy atom. The molecule has 0 amide bonds. The molecule has 5 heteroatoms. The van der Waals surface area contributed by atoms with Crippen LogP contribution in [-0.4, -0.2) is 6.04 Å². The highest BCUT2D eigenvalue weighted by Crippen LogP contribution is 2.29. The van der Waals surface area contributed by atoms with E-state index < -0.39 is 0 Å². The van der Waals surface area contributed by atoms with Crippen molar-refractivity contribution in [3.8, 4) is 18.2 Å². The van der Waals surface area contributed by atoms with Crippen molar-refractivity contribution in [1.29, 1.82) is 15.8 Å². The lowest BCUT2D eigenvalue weighted by atomic mass is 9.85. The number of hydrogen-bond acceptors (Lipinski definition) is 4. The molecule has 0 spiro atoms. The molecule has 158 valence electrons. The lowest BCUT2D eigenvalue weighted by Crippen LogP contribution is -2.36. The topological polar surface area (TPSA) is 83.4 Å². The zero-order valence-electron chi connectivity index (χ0n) is 17.8. The van der Waals surface area contributed by atoms with E-state index in [1.165, 1.54) is 0 Å². The number of hydrogen-bond donors (Lipinski definition) is 1. The maximum absolute atomic E-state index is 9.41. The van der Waals surface area contributed by atoms with E-state index in [-0.39, 0.29) is 18.0 Å². The van der Waals surface area contributed by atoms with Gasteiger partial charge in [-0.15, -0.1) is 0 Å². The fourth-order valence-electron chi connectivity index (χ4n) is 3.88. The summed E-state index contributed by atoms with van der Waals surface area (Å²) in [6.45, 7) is 2.10. The van der Waals surface area contributed by atoms with Gasteiger partial charge in [-0.05, 0) is 66.4 Å². The van der Waals surface area contributed by atoms with Crippen LogP contribution in [0.5, 0.6) is 0 Å². The Morgan fingerprint density at radius 2 is 1.53 bits per heavy atom. The average molecular weight is 439 g/mol. The van der Waals surface area contributed by atoms with Crippen molar-refractivity contribution in [2.24, 2.45) is 0 Å². The quantitative estimate of drug-likeness (QED) is 0.464. The third kappa shape index (κ3) is 5.96. The van der Waals surface area contributed by atoms with Crippen LogP contribution in [-0.2, 0) is 6.42 Å². The molecular formula is C27H23ClN4. The van der Waals surface area contributed by atoms with E-state index in [4.69, 9.17) is 16.9 Å². The number of nitrogens with zero attached hydrogens (tertiary/aromatic N) is 3. The van der Waals surface area contributed by atoms with Gasteiger partial charge in [-0.2, -0.15) is 15.8 Å². The average Bonchev–Trinajstić information content (AvgIpc) is 2.83. The minimum Gasteiger partial charge on any atom is -0.306 e. The molecule has 0 bridgehead atoms. The molecule has 0 fully saturated rings. The van der Waals surface area contributed by atoms with Crippen LogP contribution in [0.25, 0.3) is 0 Å². The van der Waals surface area contributed by atoms with Gasteiger partial charge in [0.25, 0.3) is 0 Å². The molecule has 0 aliphatic heterocycles. The smallest absolute Gasteiger partial charge is 0.0991 e. The number of rotatable bonds is 8. The van der Waals surface area contributed by atoms with Crippen LogP contribution in [0.1, 0.15) is 53.1 Å². The maximum atomic E-state index is 9.41. The van der Waals surface area contributed by atoms with Crippen LogP contribution >= 0.6 is 11.6 Å². The van der Waals surface area contributed by atoms with Gasteiger partial charge in [0, 0.05) is 23.0 Å². The Kier molecular flexibility index (Phi) is 8.02. The molecule has 32 heavy (non-hydrogen) atoms. The number of halogens is 1. The fraction of sp³-hybridized carbons (Fsp3) is 0.222. The van der Waals surface area contributed by atoms with E-state index >= 15 is 0 Å². The summed E-state index contributed by atoms with van der Waals surface area (Å²) in [7, 11) is 0. The highest BCUT2D eigenvalue weighted by molar-refractivity contribution is 6.30. The normalized spacial score (nSPS) is 13.2. The molecule has 4 nitrogen and oxygen atoms in total. The van der Waals surface area contributed by atoms with E-state index in [1.807, 2.05) is 54.6 Å². The minimum atomic E-state index is -0.172. The van der Waals surface area contributed by atoms with Gasteiger partial charge in [-0.3, -0.25) is 0 Å². The Bertz CT molecular complexity index is 1160. The summed E-state index contributed by atoms with van der Waals surface area (Å²) in [5, 5.41) is 32.2. The third-order valence-corrected chi connectivity index (χ3v) is 5.87. The minimum absolute atomic E-state index is 0.00798. The van der Waals surface area contributed by atoms with E-state index in [0.717, 1.165) is 23.1 Å². The van der Waals surface area contributed by atoms with Gasteiger partial charge < -0.3 is 5.32 Å². The summed E-state index contributed by atoms with van der Waals surface area (Å²) in [5.74, 6) is 0.0732. The lowest BCUT2D eigenvalue weighted by Gasteiger charge is -2.30. The van der Waals surface area contributed by atoms with Crippen LogP contribution in [0.15, 0.2) is 72.8 Å². The highest BCUT2D eigenvalue weighted by atomic mass is 35.5. The van der Waals surface area contributed by atoms with E-state index in [0.29, 0.717) is 22.6 Å². The van der Waals surface area contributed by atoms with Gasteiger partial charge in [-0.1, -0.05) is 48.0 Å². The van der Waals surface area contributed by atoms with Crippen LogP contribution in [0, 0.1) is 34.0 Å². The number of nitriles is 3. The molecule has 0 saturated carbocycles. The van der Waals surface area contributed by atoms with Gasteiger partial charge in [-0.25, -0.2) is 0 Å². The zero-order chi connectivity index (χ0) is 22.9. The SMILES string of the molecule is CC(N[C@@H](CC#N)c1ccc(C#N)cc1)C(Cc1ccc(Cl)cc1)c1cccc(C#N)c1. The number of nitrogens with one attached hydrogen (secondary N) is 1. The Balaban J connectivity index is 1.90. The van der Waals surface area contributed by atoms with Gasteiger partial charge in [0.05, 0.1) is 35.8 Å². The molecule has 0 heterocycles. The molecular weight excluding hydrogens is 416 g/mol. The van der Waals surface area contributed by atoms with Crippen LogP contribution < -0.4 is 5.32 Å². The van der Waals surface area contributed by atoms with E-state index in [9.17, 15) is 10.5 Å². The standard InChI is InChI=1S/C27H23ClN4/c1-19(32-27(13-14-29)23-9-5-21(17-30)6-10-23)26(16-20-7-11-25(28)12-8-20)24-4-2-3-22(15-24)18-31/h2-12,15,19,26-27,32H,13,16H2,1H3/t19?,26?,27-/m0/s1. The molecule has 3 aromatic rings. The third-order valence-electron chi connectivity index (χ3n) is 5.62. The molecule has 3 atom stereocenters. The molecule has 0 saturated heterocycles. The number of benzene rings is 3. The molecule has 2 unspecified atom stereocenters. The predicted octanol–water partition coefficient (Wildman–Crippen LogP) is 6.04. The summed E-state index contributed by atoms with van der Waals surface area (Å²) in [4.78, 5) is 0. The van der Waals surface area contributed by atoms with Crippen molar-refractivity contribution >= 4 is 11.6 Å². The maximum Gasteiger partial charge on any atom is 0.0991 e. The second-order valence-corrected chi connectivity index (χ2v) is 8.21. The Labute approximate surface area is 194 Å². The zero-order valence-corrected chi connectivity index (χ0v) is 18.6. The summed E-state index contributed by atoms with van der Waals surface area (Å²) < 4.78 is 0. The summed E-state index contributed by atoms with van der Waals surface area (Å²) in [6.07, 6.45) is 1.06. The van der Waals surface area contributed by atoms with Crippen LogP contribution in [0.4, 0.5) is 0 Å².